The third kappa shape index (κ3) is 7.59. The van der Waals surface area contributed by atoms with E-state index in [9.17, 15) is 0 Å². The minimum atomic E-state index is -0.0146. The fourth-order valence-electron chi connectivity index (χ4n) is 2.08. The zero-order valence-electron chi connectivity index (χ0n) is 13.0. The molecule has 3 aromatic rings. The summed E-state index contributed by atoms with van der Waals surface area (Å²) in [5.74, 6) is 0. The van der Waals surface area contributed by atoms with E-state index in [0.717, 1.165) is 0 Å². The Morgan fingerprint density at radius 3 is 0.880 bits per heavy atom. The number of rotatable bonds is 3. The van der Waals surface area contributed by atoms with Crippen molar-refractivity contribution < 1.29 is 4.74 Å². The van der Waals surface area contributed by atoms with Gasteiger partial charge in [-0.25, -0.2) is 0 Å². The first kappa shape index (κ1) is 25.2. The molecule has 0 fully saturated rings. The van der Waals surface area contributed by atoms with Gasteiger partial charge in [-0.05, 0) is 36.4 Å². The third-order valence-electron chi connectivity index (χ3n) is 2.94. The molecular formula is C23H33OS+. The van der Waals surface area contributed by atoms with Crippen LogP contribution in [0.1, 0.15) is 22.3 Å². The lowest BCUT2D eigenvalue weighted by Gasteiger charge is -2.07. The summed E-state index contributed by atoms with van der Waals surface area (Å²) in [6.45, 7) is 0. The van der Waals surface area contributed by atoms with Crippen molar-refractivity contribution in [3.63, 3.8) is 0 Å². The minimum Gasteiger partial charge on any atom is -0.388 e. The van der Waals surface area contributed by atoms with Crippen LogP contribution >= 0.6 is 0 Å². The van der Waals surface area contributed by atoms with Gasteiger partial charge in [0.2, 0.25) is 0 Å². The molecule has 0 saturated carbocycles. The Morgan fingerprint density at radius 2 is 0.680 bits per heavy atom. The molecule has 2 heteroatoms. The largest absolute Gasteiger partial charge is 0.388 e. The van der Waals surface area contributed by atoms with Crippen LogP contribution in [0.4, 0.5) is 0 Å². The predicted molar refractivity (Wildman–Crippen MR) is 115 cm³/mol. The Morgan fingerprint density at radius 1 is 0.480 bits per heavy atom. The molecule has 0 saturated heterocycles. The SMILES string of the molecule is C.C.C.COC.c1ccc([S+](c2ccccc2)c2ccccc2)cc1. The average Bonchev–Trinajstić information content (AvgIpc) is 2.59. The average molecular weight is 358 g/mol. The molecule has 0 bridgehead atoms. The maximum Gasteiger partial charge on any atom is 0.166 e. The van der Waals surface area contributed by atoms with Crippen LogP contribution in [0.3, 0.4) is 0 Å². The molecule has 0 aliphatic heterocycles. The van der Waals surface area contributed by atoms with E-state index in [1.165, 1.54) is 14.7 Å². The van der Waals surface area contributed by atoms with Crippen LogP contribution in [0.5, 0.6) is 0 Å². The fraction of sp³-hybridized carbons (Fsp3) is 0.217. The van der Waals surface area contributed by atoms with Crippen molar-refractivity contribution in [2.75, 3.05) is 14.2 Å². The molecule has 0 aliphatic rings. The maximum atomic E-state index is 4.25. The Hall–Kier alpha value is -2.03. The zero-order chi connectivity index (χ0) is 15.6. The fourth-order valence-corrected chi connectivity index (χ4v) is 4.18. The highest BCUT2D eigenvalue weighted by Gasteiger charge is 2.27. The lowest BCUT2D eigenvalue weighted by atomic mass is 10.4. The Bertz CT molecular complexity index is 545. The molecule has 0 spiro atoms. The van der Waals surface area contributed by atoms with Crippen LogP contribution in [0, 0.1) is 0 Å². The molecule has 0 aliphatic carbocycles. The van der Waals surface area contributed by atoms with E-state index in [1.807, 2.05) is 0 Å². The van der Waals surface area contributed by atoms with Crippen molar-refractivity contribution in [3.05, 3.63) is 91.0 Å². The molecule has 25 heavy (non-hydrogen) atoms. The van der Waals surface area contributed by atoms with Gasteiger partial charge in [-0.15, -0.1) is 0 Å². The van der Waals surface area contributed by atoms with Crippen molar-refractivity contribution in [1.82, 2.24) is 0 Å². The second-order valence-corrected chi connectivity index (χ2v) is 6.68. The van der Waals surface area contributed by atoms with Gasteiger partial charge in [0.25, 0.3) is 0 Å². The van der Waals surface area contributed by atoms with Crippen LogP contribution in [-0.4, -0.2) is 14.2 Å². The van der Waals surface area contributed by atoms with E-state index < -0.39 is 0 Å². The molecule has 0 aromatic heterocycles. The van der Waals surface area contributed by atoms with Gasteiger partial charge in [0, 0.05) is 14.2 Å². The molecule has 1 nitrogen and oxygen atoms in total. The van der Waals surface area contributed by atoms with Crippen LogP contribution < -0.4 is 0 Å². The molecule has 136 valence electrons. The van der Waals surface area contributed by atoms with E-state index in [0.29, 0.717) is 0 Å². The Labute approximate surface area is 158 Å². The maximum absolute atomic E-state index is 4.25. The van der Waals surface area contributed by atoms with Crippen LogP contribution in [0.2, 0.25) is 0 Å². The monoisotopic (exact) mass is 357 g/mol. The Balaban J connectivity index is 0. The van der Waals surface area contributed by atoms with Gasteiger partial charge < -0.3 is 4.74 Å². The first-order chi connectivity index (χ1) is 10.9. The van der Waals surface area contributed by atoms with Crippen LogP contribution in [-0.2, 0) is 15.6 Å². The van der Waals surface area contributed by atoms with E-state index in [-0.39, 0.29) is 33.2 Å². The van der Waals surface area contributed by atoms with Gasteiger partial charge >= 0.3 is 0 Å². The molecule has 0 heterocycles. The topological polar surface area (TPSA) is 9.23 Å². The van der Waals surface area contributed by atoms with E-state index in [1.54, 1.807) is 14.2 Å². The molecule has 0 amide bonds. The van der Waals surface area contributed by atoms with Gasteiger partial charge in [0.05, 0.1) is 10.9 Å². The highest BCUT2D eigenvalue weighted by atomic mass is 32.2. The van der Waals surface area contributed by atoms with Gasteiger partial charge in [-0.3, -0.25) is 0 Å². The highest BCUT2D eigenvalue weighted by molar-refractivity contribution is 7.97. The smallest absolute Gasteiger partial charge is 0.166 e. The summed E-state index contributed by atoms with van der Waals surface area (Å²) in [6, 6.07) is 32.2. The van der Waals surface area contributed by atoms with Gasteiger partial charge in [-0.2, -0.15) is 0 Å². The molecular weight excluding hydrogens is 324 g/mol. The first-order valence-electron chi connectivity index (χ1n) is 7.16. The van der Waals surface area contributed by atoms with E-state index >= 15 is 0 Å². The number of ether oxygens (including phenoxy) is 1. The minimum absolute atomic E-state index is 0. The van der Waals surface area contributed by atoms with Crippen molar-refractivity contribution >= 4 is 10.9 Å². The summed E-state index contributed by atoms with van der Waals surface area (Å²) < 4.78 is 4.25. The first-order valence-corrected chi connectivity index (χ1v) is 8.39. The van der Waals surface area contributed by atoms with Crippen molar-refractivity contribution in [1.29, 1.82) is 0 Å². The second-order valence-electron chi connectivity index (χ2n) is 4.65. The highest BCUT2D eigenvalue weighted by Crippen LogP contribution is 2.30. The number of hydrogen-bond acceptors (Lipinski definition) is 1. The molecule has 0 unspecified atom stereocenters. The van der Waals surface area contributed by atoms with Gasteiger partial charge in [0.1, 0.15) is 0 Å². The quantitative estimate of drug-likeness (QED) is 0.461. The summed E-state index contributed by atoms with van der Waals surface area (Å²) in [5, 5.41) is 0. The van der Waals surface area contributed by atoms with Gasteiger partial charge in [0.15, 0.2) is 14.7 Å². The summed E-state index contributed by atoms with van der Waals surface area (Å²) in [5.41, 5.74) is 0. The number of methoxy groups -OCH3 is 1. The van der Waals surface area contributed by atoms with Crippen molar-refractivity contribution in [3.8, 4) is 0 Å². The van der Waals surface area contributed by atoms with Crippen molar-refractivity contribution in [2.24, 2.45) is 0 Å². The summed E-state index contributed by atoms with van der Waals surface area (Å²) in [6.07, 6.45) is 0. The lowest BCUT2D eigenvalue weighted by Crippen LogP contribution is -2.04. The molecule has 0 N–H and O–H groups in total. The zero-order valence-corrected chi connectivity index (χ0v) is 13.8. The molecule has 3 aromatic carbocycles. The summed E-state index contributed by atoms with van der Waals surface area (Å²) >= 11 is 0. The van der Waals surface area contributed by atoms with E-state index in [4.69, 9.17) is 0 Å². The number of hydrogen-bond donors (Lipinski definition) is 0. The molecule has 0 radical (unpaired) electrons. The van der Waals surface area contributed by atoms with E-state index in [2.05, 4.69) is 95.7 Å². The van der Waals surface area contributed by atoms with Crippen molar-refractivity contribution in [2.45, 2.75) is 37.0 Å². The molecule has 0 atom stereocenters. The number of benzene rings is 3. The molecule has 3 rings (SSSR count). The summed E-state index contributed by atoms with van der Waals surface area (Å²) in [7, 11) is 3.24. The van der Waals surface area contributed by atoms with Gasteiger partial charge in [-0.1, -0.05) is 76.9 Å². The Kier molecular flexibility index (Phi) is 14.4. The van der Waals surface area contributed by atoms with Crippen LogP contribution in [0.25, 0.3) is 0 Å². The second kappa shape index (κ2) is 14.3. The lowest BCUT2D eigenvalue weighted by molar-refractivity contribution is 0.277. The van der Waals surface area contributed by atoms with Crippen LogP contribution in [0.15, 0.2) is 106 Å². The summed E-state index contributed by atoms with van der Waals surface area (Å²) in [4.78, 5) is 4.08. The standard InChI is InChI=1S/C18H15S.C2H6O.3CH4/c1-4-10-16(11-5-1)19(17-12-6-2-7-13-17)18-14-8-3-9-15-18;1-3-2;;;/h1-15H;1-2H3;3*1H4/q+1;;;;. The predicted octanol–water partition coefficient (Wildman–Crippen LogP) is 6.95. The third-order valence-corrected chi connectivity index (χ3v) is 5.17. The normalized spacial score (nSPS) is 8.76.